The monoisotopic (exact) mass is 333 g/mol. The fourth-order valence-electron chi connectivity index (χ4n) is 2.86. The van der Waals surface area contributed by atoms with Crippen molar-refractivity contribution in [2.45, 2.75) is 32.2 Å². The van der Waals surface area contributed by atoms with E-state index in [4.69, 9.17) is 0 Å². The third kappa shape index (κ3) is 3.48. The number of hydrogen-bond acceptors (Lipinski definition) is 7. The molecule has 0 bridgehead atoms. The van der Waals surface area contributed by atoms with Crippen molar-refractivity contribution in [2.75, 3.05) is 17.2 Å². The van der Waals surface area contributed by atoms with Crippen molar-refractivity contribution in [2.24, 2.45) is 5.41 Å². The number of aliphatic hydroxyl groups is 1. The topological polar surface area (TPSA) is 100 Å². The molecule has 7 nitrogen and oxygen atoms in total. The molecule has 0 aromatic carbocycles. The van der Waals surface area contributed by atoms with Gasteiger partial charge in [0.2, 0.25) is 5.13 Å². The van der Waals surface area contributed by atoms with E-state index < -0.39 is 0 Å². The zero-order chi connectivity index (χ0) is 16.3. The number of pyridine rings is 1. The minimum atomic E-state index is -0.262. The summed E-state index contributed by atoms with van der Waals surface area (Å²) in [7, 11) is 0. The number of carbonyl (C=O) groups excluding carboxylic acids is 1. The number of amides is 1. The summed E-state index contributed by atoms with van der Waals surface area (Å²) < 4.78 is 0. The predicted molar refractivity (Wildman–Crippen MR) is 88.6 cm³/mol. The SMILES string of the molecule is CC1(CO)CCCC1Nc1ccc(C(=O)Nc2nncs2)cn1. The van der Waals surface area contributed by atoms with Gasteiger partial charge in [-0.25, -0.2) is 4.98 Å². The molecule has 0 radical (unpaired) electrons. The zero-order valence-corrected chi connectivity index (χ0v) is 13.6. The summed E-state index contributed by atoms with van der Waals surface area (Å²) in [6.45, 7) is 2.24. The Morgan fingerprint density at radius 1 is 1.52 bits per heavy atom. The number of aromatic nitrogens is 3. The van der Waals surface area contributed by atoms with Crippen LogP contribution in [0.25, 0.3) is 0 Å². The Hall–Kier alpha value is -2.06. The minimum absolute atomic E-state index is 0.116. The lowest BCUT2D eigenvalue weighted by Gasteiger charge is -2.30. The largest absolute Gasteiger partial charge is 0.396 e. The maximum absolute atomic E-state index is 12.1. The molecule has 1 aliphatic rings. The Balaban J connectivity index is 1.64. The fourth-order valence-corrected chi connectivity index (χ4v) is 3.30. The third-order valence-corrected chi connectivity index (χ3v) is 4.98. The first-order chi connectivity index (χ1) is 11.1. The molecule has 1 aliphatic carbocycles. The minimum Gasteiger partial charge on any atom is -0.396 e. The summed E-state index contributed by atoms with van der Waals surface area (Å²) in [5.74, 6) is 0.450. The second kappa shape index (κ2) is 6.59. The molecule has 122 valence electrons. The number of anilines is 2. The highest BCUT2D eigenvalue weighted by Gasteiger charge is 2.38. The van der Waals surface area contributed by atoms with E-state index in [1.54, 1.807) is 17.6 Å². The third-order valence-electron chi connectivity index (χ3n) is 4.37. The summed E-state index contributed by atoms with van der Waals surface area (Å²) in [5.41, 5.74) is 1.90. The Morgan fingerprint density at radius 3 is 3.04 bits per heavy atom. The number of nitrogens with one attached hydrogen (secondary N) is 2. The van der Waals surface area contributed by atoms with Crippen LogP contribution in [0.15, 0.2) is 23.8 Å². The van der Waals surface area contributed by atoms with E-state index in [1.807, 2.05) is 0 Å². The Kier molecular flexibility index (Phi) is 4.53. The molecule has 0 spiro atoms. The van der Waals surface area contributed by atoms with E-state index in [2.05, 4.69) is 32.7 Å². The second-order valence-electron chi connectivity index (χ2n) is 6.03. The zero-order valence-electron chi connectivity index (χ0n) is 12.8. The van der Waals surface area contributed by atoms with Crippen molar-refractivity contribution in [1.29, 1.82) is 0 Å². The highest BCUT2D eigenvalue weighted by atomic mass is 32.1. The molecule has 8 heteroatoms. The van der Waals surface area contributed by atoms with Gasteiger partial charge < -0.3 is 10.4 Å². The quantitative estimate of drug-likeness (QED) is 0.775. The van der Waals surface area contributed by atoms with Gasteiger partial charge in [0.25, 0.3) is 5.91 Å². The molecule has 1 amide bonds. The van der Waals surface area contributed by atoms with Crippen molar-refractivity contribution in [3.8, 4) is 0 Å². The lowest BCUT2D eigenvalue weighted by Crippen LogP contribution is -2.36. The molecule has 2 unspecified atom stereocenters. The van der Waals surface area contributed by atoms with Crippen LogP contribution < -0.4 is 10.6 Å². The summed E-state index contributed by atoms with van der Waals surface area (Å²) in [6, 6.07) is 3.70. The van der Waals surface area contributed by atoms with Gasteiger partial charge in [-0.2, -0.15) is 0 Å². The van der Waals surface area contributed by atoms with E-state index >= 15 is 0 Å². The van der Waals surface area contributed by atoms with Gasteiger partial charge in [0, 0.05) is 17.7 Å². The van der Waals surface area contributed by atoms with Crippen LogP contribution >= 0.6 is 11.3 Å². The molecule has 3 N–H and O–H groups in total. The van der Waals surface area contributed by atoms with E-state index in [0.717, 1.165) is 19.3 Å². The van der Waals surface area contributed by atoms with Crippen molar-refractivity contribution in [3.63, 3.8) is 0 Å². The average Bonchev–Trinajstić information content (AvgIpc) is 3.19. The molecular formula is C15H19N5O2S. The molecular weight excluding hydrogens is 314 g/mol. The van der Waals surface area contributed by atoms with Gasteiger partial charge in [0.05, 0.1) is 12.2 Å². The van der Waals surface area contributed by atoms with Crippen molar-refractivity contribution >= 4 is 28.2 Å². The first-order valence-corrected chi connectivity index (χ1v) is 8.40. The molecule has 1 fully saturated rings. The number of hydrogen-bond donors (Lipinski definition) is 3. The molecule has 2 aromatic rings. The van der Waals surface area contributed by atoms with Crippen LogP contribution in [0.5, 0.6) is 0 Å². The lowest BCUT2D eigenvalue weighted by atomic mass is 9.86. The Labute approximate surface area is 138 Å². The Morgan fingerprint density at radius 2 is 2.39 bits per heavy atom. The summed E-state index contributed by atoms with van der Waals surface area (Å²) >= 11 is 1.26. The van der Waals surface area contributed by atoms with E-state index in [9.17, 15) is 9.90 Å². The summed E-state index contributed by atoms with van der Waals surface area (Å²) in [4.78, 5) is 16.4. The molecule has 2 heterocycles. The van der Waals surface area contributed by atoms with Crippen LogP contribution in [-0.2, 0) is 0 Å². The first-order valence-electron chi connectivity index (χ1n) is 7.52. The molecule has 2 atom stereocenters. The van der Waals surface area contributed by atoms with Gasteiger partial charge in [0.1, 0.15) is 11.3 Å². The first kappa shape index (κ1) is 15.8. The molecule has 0 saturated heterocycles. The van der Waals surface area contributed by atoms with Gasteiger partial charge >= 0.3 is 0 Å². The van der Waals surface area contributed by atoms with Gasteiger partial charge in [0.15, 0.2) is 0 Å². The number of aliphatic hydroxyl groups excluding tert-OH is 1. The summed E-state index contributed by atoms with van der Waals surface area (Å²) in [6.07, 6.45) is 4.64. The molecule has 3 rings (SSSR count). The molecule has 0 aliphatic heterocycles. The van der Waals surface area contributed by atoms with Crippen LogP contribution in [-0.4, -0.2) is 38.8 Å². The van der Waals surface area contributed by atoms with E-state index in [1.165, 1.54) is 17.5 Å². The van der Waals surface area contributed by atoms with Crippen LogP contribution in [0.3, 0.4) is 0 Å². The molecule has 23 heavy (non-hydrogen) atoms. The number of rotatable bonds is 5. The van der Waals surface area contributed by atoms with Gasteiger partial charge in [-0.05, 0) is 25.0 Å². The highest BCUT2D eigenvalue weighted by Crippen LogP contribution is 2.38. The van der Waals surface area contributed by atoms with Gasteiger partial charge in [-0.3, -0.25) is 10.1 Å². The second-order valence-corrected chi connectivity index (χ2v) is 6.86. The normalized spacial score (nSPS) is 23.7. The maximum atomic E-state index is 12.1. The molecule has 2 aromatic heterocycles. The average molecular weight is 333 g/mol. The Bertz CT molecular complexity index is 661. The van der Waals surface area contributed by atoms with Crippen LogP contribution in [0.1, 0.15) is 36.5 Å². The van der Waals surface area contributed by atoms with Crippen molar-refractivity contribution in [3.05, 3.63) is 29.4 Å². The van der Waals surface area contributed by atoms with Gasteiger partial charge in [-0.15, -0.1) is 10.2 Å². The van der Waals surface area contributed by atoms with Crippen LogP contribution in [0, 0.1) is 5.41 Å². The highest BCUT2D eigenvalue weighted by molar-refractivity contribution is 7.13. The van der Waals surface area contributed by atoms with E-state index in [-0.39, 0.29) is 24.0 Å². The maximum Gasteiger partial charge on any atom is 0.259 e. The van der Waals surface area contributed by atoms with Gasteiger partial charge in [-0.1, -0.05) is 24.7 Å². The standard InChI is InChI=1S/C15H19N5O2S/c1-15(8-21)6-2-3-11(15)18-12-5-4-10(7-16-12)13(22)19-14-20-17-9-23-14/h4-5,7,9,11,21H,2-3,6,8H2,1H3,(H,16,18)(H,19,20,22). The number of nitrogens with zero attached hydrogens (tertiary/aromatic N) is 3. The molecule has 1 saturated carbocycles. The van der Waals surface area contributed by atoms with E-state index in [0.29, 0.717) is 16.5 Å². The van der Waals surface area contributed by atoms with Crippen molar-refractivity contribution in [1.82, 2.24) is 15.2 Å². The lowest BCUT2D eigenvalue weighted by molar-refractivity contribution is 0.102. The summed E-state index contributed by atoms with van der Waals surface area (Å²) in [5, 5.41) is 23.5. The predicted octanol–water partition coefficient (Wildman–Crippen LogP) is 2.15. The smallest absolute Gasteiger partial charge is 0.259 e. The van der Waals surface area contributed by atoms with Crippen LogP contribution in [0.2, 0.25) is 0 Å². The number of carbonyl (C=O) groups is 1. The van der Waals surface area contributed by atoms with Crippen LogP contribution in [0.4, 0.5) is 10.9 Å². The van der Waals surface area contributed by atoms with Crippen molar-refractivity contribution < 1.29 is 9.90 Å². The fraction of sp³-hybridized carbons (Fsp3) is 0.467.